The maximum absolute atomic E-state index is 12.8. The van der Waals surface area contributed by atoms with E-state index in [1.165, 1.54) is 10.6 Å². The number of alkyl halides is 3. The van der Waals surface area contributed by atoms with Crippen LogP contribution >= 0.6 is 0 Å². The molecule has 25 heavy (non-hydrogen) atoms. The normalized spacial score (nSPS) is 15.0. The third-order valence-electron chi connectivity index (χ3n) is 3.98. The Labute approximate surface area is 139 Å². The highest BCUT2D eigenvalue weighted by molar-refractivity contribution is 5.85. The van der Waals surface area contributed by atoms with E-state index in [1.54, 1.807) is 13.0 Å². The summed E-state index contributed by atoms with van der Waals surface area (Å²) in [5.74, 6) is -0.517. The molecule has 3 aromatic rings. The molecule has 1 aliphatic rings. The number of furan rings is 1. The van der Waals surface area contributed by atoms with Crippen LogP contribution in [0.4, 0.5) is 13.2 Å². The predicted octanol–water partition coefficient (Wildman–Crippen LogP) is 3.23. The van der Waals surface area contributed by atoms with E-state index in [9.17, 15) is 18.0 Å². The van der Waals surface area contributed by atoms with Crippen molar-refractivity contribution in [3.8, 4) is 11.6 Å². The smallest absolute Gasteiger partial charge is 0.448 e. The van der Waals surface area contributed by atoms with E-state index in [0.29, 0.717) is 17.2 Å². The molecule has 3 aromatic heterocycles. The monoisotopic (exact) mass is 350 g/mol. The summed E-state index contributed by atoms with van der Waals surface area (Å²) < 4.78 is 44.6. The molecular weight excluding hydrogens is 337 g/mol. The van der Waals surface area contributed by atoms with Crippen LogP contribution in [0, 0.1) is 12.8 Å². The van der Waals surface area contributed by atoms with Gasteiger partial charge in [-0.15, -0.1) is 5.10 Å². The molecule has 1 saturated carbocycles. The minimum Gasteiger partial charge on any atom is -0.448 e. The summed E-state index contributed by atoms with van der Waals surface area (Å²) in [7, 11) is 0. The molecule has 3 heterocycles. The van der Waals surface area contributed by atoms with Crippen molar-refractivity contribution in [2.24, 2.45) is 5.92 Å². The van der Waals surface area contributed by atoms with Gasteiger partial charge in [0, 0.05) is 18.4 Å². The molecule has 1 aliphatic carbocycles. The number of carbonyl (C=O) groups excluding carboxylic acids is 1. The number of hydrogen-bond acceptors (Lipinski definition) is 5. The summed E-state index contributed by atoms with van der Waals surface area (Å²) >= 11 is 0. The van der Waals surface area contributed by atoms with Gasteiger partial charge in [-0.25, -0.2) is 9.97 Å². The van der Waals surface area contributed by atoms with E-state index in [1.807, 2.05) is 0 Å². The first kappa shape index (κ1) is 15.8. The van der Waals surface area contributed by atoms with Crippen LogP contribution < -0.4 is 0 Å². The molecule has 6 nitrogen and oxygen atoms in total. The van der Waals surface area contributed by atoms with Gasteiger partial charge in [0.25, 0.3) is 0 Å². The zero-order chi connectivity index (χ0) is 17.8. The number of halogens is 3. The number of Topliss-reactive ketones (excluding diaryl/α,β-unsaturated/α-hetero) is 1. The Bertz CT molecular complexity index is 970. The second-order valence-corrected chi connectivity index (χ2v) is 6.08. The molecule has 0 amide bonds. The van der Waals surface area contributed by atoms with E-state index in [2.05, 4.69) is 15.1 Å². The van der Waals surface area contributed by atoms with Gasteiger partial charge in [-0.1, -0.05) is 0 Å². The summed E-state index contributed by atoms with van der Waals surface area (Å²) in [4.78, 5) is 20.6. The van der Waals surface area contributed by atoms with Crippen molar-refractivity contribution < 1.29 is 22.4 Å². The van der Waals surface area contributed by atoms with Crippen LogP contribution in [0.5, 0.6) is 0 Å². The molecular formula is C16H13F3N4O2. The molecule has 4 rings (SSSR count). The van der Waals surface area contributed by atoms with Crippen LogP contribution in [-0.4, -0.2) is 25.4 Å². The number of hydrogen-bond donors (Lipinski definition) is 0. The highest BCUT2D eigenvalue weighted by atomic mass is 19.4. The first-order valence-electron chi connectivity index (χ1n) is 7.74. The fraction of sp³-hybridized carbons (Fsp3) is 0.375. The molecule has 0 aliphatic heterocycles. The first-order valence-corrected chi connectivity index (χ1v) is 7.74. The summed E-state index contributed by atoms with van der Waals surface area (Å²) in [5.41, 5.74) is 0.850. The number of nitrogens with zero attached hydrogens (tertiary/aromatic N) is 4. The quantitative estimate of drug-likeness (QED) is 0.722. The summed E-state index contributed by atoms with van der Waals surface area (Å²) in [6.45, 7) is 1.66. The van der Waals surface area contributed by atoms with E-state index in [-0.39, 0.29) is 29.7 Å². The van der Waals surface area contributed by atoms with E-state index >= 15 is 0 Å². The van der Waals surface area contributed by atoms with Crippen molar-refractivity contribution in [3.63, 3.8) is 0 Å². The SMILES string of the molecule is Cc1nc2cc(CC(=O)C3CC3)nc(-c3ccc(C(F)(F)F)o3)n2n1. The second kappa shape index (κ2) is 5.40. The Balaban J connectivity index is 1.80. The standard InChI is InChI=1S/C16H13F3N4O2/c1-8-20-14-7-10(6-11(24)9-2-3-9)21-15(23(14)22-8)12-4-5-13(25-12)16(17,18)19/h4-5,7,9H,2-3,6H2,1H3. The maximum atomic E-state index is 12.8. The highest BCUT2D eigenvalue weighted by Crippen LogP contribution is 2.34. The van der Waals surface area contributed by atoms with Gasteiger partial charge in [0.1, 0.15) is 11.6 Å². The van der Waals surface area contributed by atoms with E-state index < -0.39 is 11.9 Å². The fourth-order valence-electron chi connectivity index (χ4n) is 2.63. The fourth-order valence-corrected chi connectivity index (χ4v) is 2.63. The van der Waals surface area contributed by atoms with Crippen molar-refractivity contribution in [2.45, 2.75) is 32.4 Å². The van der Waals surface area contributed by atoms with Gasteiger partial charge in [-0.05, 0) is 31.9 Å². The Morgan fingerprint density at radius 2 is 2.08 bits per heavy atom. The first-order chi connectivity index (χ1) is 11.8. The summed E-state index contributed by atoms with van der Waals surface area (Å²) in [5, 5.41) is 4.15. The Morgan fingerprint density at radius 3 is 2.72 bits per heavy atom. The van der Waals surface area contributed by atoms with Crippen LogP contribution in [0.3, 0.4) is 0 Å². The highest BCUT2D eigenvalue weighted by Gasteiger charge is 2.35. The molecule has 0 aromatic carbocycles. The van der Waals surface area contributed by atoms with Crippen LogP contribution in [0.25, 0.3) is 17.2 Å². The average Bonchev–Trinajstić information content (AvgIpc) is 3.12. The predicted molar refractivity (Wildman–Crippen MR) is 79.7 cm³/mol. The van der Waals surface area contributed by atoms with Crippen LogP contribution in [0.15, 0.2) is 22.6 Å². The molecule has 0 atom stereocenters. The van der Waals surface area contributed by atoms with Crippen molar-refractivity contribution in [2.75, 3.05) is 0 Å². The summed E-state index contributed by atoms with van der Waals surface area (Å²) in [6, 6.07) is 3.65. The zero-order valence-electron chi connectivity index (χ0n) is 13.2. The van der Waals surface area contributed by atoms with Gasteiger partial charge in [-0.3, -0.25) is 4.79 Å². The number of aromatic nitrogens is 4. The van der Waals surface area contributed by atoms with Crippen LogP contribution in [0.2, 0.25) is 0 Å². The lowest BCUT2D eigenvalue weighted by atomic mass is 10.1. The molecule has 9 heteroatoms. The lowest BCUT2D eigenvalue weighted by Crippen LogP contribution is -2.09. The molecule has 0 saturated heterocycles. The third-order valence-corrected chi connectivity index (χ3v) is 3.98. The number of ketones is 1. The topological polar surface area (TPSA) is 73.3 Å². The molecule has 0 radical (unpaired) electrons. The molecule has 0 N–H and O–H groups in total. The van der Waals surface area contributed by atoms with Gasteiger partial charge in [0.2, 0.25) is 5.76 Å². The number of fused-ring (bicyclic) bond motifs is 1. The maximum Gasteiger partial charge on any atom is 0.449 e. The Hall–Kier alpha value is -2.71. The van der Waals surface area contributed by atoms with Crippen molar-refractivity contribution in [3.05, 3.63) is 35.5 Å². The molecule has 1 fully saturated rings. The molecule has 0 spiro atoms. The minimum absolute atomic E-state index is 0.0709. The van der Waals surface area contributed by atoms with Crippen molar-refractivity contribution in [1.29, 1.82) is 0 Å². The minimum atomic E-state index is -4.59. The van der Waals surface area contributed by atoms with E-state index in [4.69, 9.17) is 4.42 Å². The average molecular weight is 350 g/mol. The lowest BCUT2D eigenvalue weighted by Gasteiger charge is -2.05. The zero-order valence-corrected chi connectivity index (χ0v) is 13.2. The van der Waals surface area contributed by atoms with Gasteiger partial charge in [-0.2, -0.15) is 17.7 Å². The number of aryl methyl sites for hydroxylation is 1. The largest absolute Gasteiger partial charge is 0.449 e. The second-order valence-electron chi connectivity index (χ2n) is 6.08. The van der Waals surface area contributed by atoms with Gasteiger partial charge in [0.15, 0.2) is 17.2 Å². The number of carbonyl (C=O) groups is 1. The van der Waals surface area contributed by atoms with Crippen molar-refractivity contribution in [1.82, 2.24) is 19.6 Å². The van der Waals surface area contributed by atoms with Gasteiger partial charge < -0.3 is 4.42 Å². The summed E-state index contributed by atoms with van der Waals surface area (Å²) in [6.07, 6.45) is -2.71. The van der Waals surface area contributed by atoms with Crippen LogP contribution in [0.1, 0.15) is 30.1 Å². The Kier molecular flexibility index (Phi) is 3.41. The molecule has 130 valence electrons. The lowest BCUT2D eigenvalue weighted by molar-refractivity contribution is -0.152. The molecule has 0 unspecified atom stereocenters. The van der Waals surface area contributed by atoms with Crippen LogP contribution in [-0.2, 0) is 17.4 Å². The number of rotatable bonds is 4. The van der Waals surface area contributed by atoms with E-state index in [0.717, 1.165) is 18.9 Å². The molecule has 0 bridgehead atoms. The third kappa shape index (κ3) is 3.01. The van der Waals surface area contributed by atoms with Gasteiger partial charge >= 0.3 is 6.18 Å². The van der Waals surface area contributed by atoms with Gasteiger partial charge in [0.05, 0.1) is 5.69 Å². The van der Waals surface area contributed by atoms with Crippen molar-refractivity contribution >= 4 is 11.4 Å². The Morgan fingerprint density at radius 1 is 1.32 bits per heavy atom.